The predicted molar refractivity (Wildman–Crippen MR) is 237 cm³/mol. The molecule has 0 spiro atoms. The highest BCUT2D eigenvalue weighted by Crippen LogP contribution is 2.13. The Kier molecular flexibility index (Phi) is 26.1. The molecule has 3 atom stereocenters. The number of amides is 9. The van der Waals surface area contributed by atoms with Crippen LogP contribution in [-0.4, -0.2) is 129 Å². The second-order valence-corrected chi connectivity index (χ2v) is 16.1. The molecule has 23 heteroatoms. The lowest BCUT2D eigenvalue weighted by atomic mass is 10.0. The minimum absolute atomic E-state index is 0.0383. The molecule has 1 aliphatic heterocycles. The minimum atomic E-state index is -1.07. The van der Waals surface area contributed by atoms with Gasteiger partial charge in [-0.05, 0) is 78.9 Å². The number of hydrogen-bond donors (Lipinski definition) is 8. The number of carbonyl (C=O) groups is 9. The van der Waals surface area contributed by atoms with Gasteiger partial charge >= 0.3 is 24.2 Å². The lowest BCUT2D eigenvalue weighted by Gasteiger charge is -2.25. The van der Waals surface area contributed by atoms with Crippen molar-refractivity contribution in [2.75, 3.05) is 57.9 Å². The van der Waals surface area contributed by atoms with Gasteiger partial charge in [-0.15, -0.1) is 0 Å². The lowest BCUT2D eigenvalue weighted by Crippen LogP contribution is -2.54. The highest BCUT2D eigenvalue weighted by atomic mass is 32.2. The number of imide groups is 1. The van der Waals surface area contributed by atoms with E-state index in [0.717, 1.165) is 0 Å². The van der Waals surface area contributed by atoms with Gasteiger partial charge in [0.25, 0.3) is 11.8 Å². The molecule has 0 fully saturated rings. The number of nitrogens with zero attached hydrogens (tertiary/aromatic N) is 1. The van der Waals surface area contributed by atoms with Crippen LogP contribution in [-0.2, 0) is 54.3 Å². The van der Waals surface area contributed by atoms with Crippen molar-refractivity contribution in [2.45, 2.75) is 91.3 Å². The van der Waals surface area contributed by atoms with Crippen LogP contribution >= 0.6 is 10.9 Å². The van der Waals surface area contributed by atoms with E-state index >= 15 is 0 Å². The second-order valence-electron chi connectivity index (χ2n) is 14.5. The zero-order valence-electron chi connectivity index (χ0n) is 36.8. The first-order valence-corrected chi connectivity index (χ1v) is 22.3. The number of carbonyl (C=O) groups excluding carboxylic acids is 9. The Morgan fingerprint density at radius 3 is 2.11 bits per heavy atom. The van der Waals surface area contributed by atoms with Crippen LogP contribution in [0.4, 0.5) is 20.1 Å². The molecule has 356 valence electrons. The lowest BCUT2D eigenvalue weighted by molar-refractivity contribution is -0.142. The van der Waals surface area contributed by atoms with E-state index in [4.69, 9.17) is 24.7 Å². The number of rotatable bonds is 30. The Bertz CT molecular complexity index is 1780. The molecule has 1 aromatic rings. The number of unbranched alkanes of at least 4 members (excludes halogenated alkanes) is 2. The van der Waals surface area contributed by atoms with E-state index in [0.29, 0.717) is 69.4 Å². The van der Waals surface area contributed by atoms with Gasteiger partial charge < -0.3 is 51.3 Å². The molecule has 1 heterocycles. The van der Waals surface area contributed by atoms with Gasteiger partial charge in [0.2, 0.25) is 17.7 Å². The predicted octanol–water partition coefficient (Wildman–Crippen LogP) is 1.62. The molecule has 9 amide bonds. The fraction of sp³-hybridized carbons (Fsp3) is 0.561. The molecular weight excluding hydrogens is 859 g/mol. The fourth-order valence-electron chi connectivity index (χ4n) is 5.60. The standard InChI is InChI=1S/C41H63N9O13S/c1-5-64(49-41(59)61-23-10-20-43-33(52)12-7-6-8-22-50-34(53)17-18-35(50)54)45-21-24-60-25-26-62-40(58)48-36(28(2)3)38(56)47-32(11-9-19-44-39(42)57)37(55)46-31-15-13-30(14-16-31)27-63-29(4)51/h5,13-18,28,32,36,45H,6-12,19-27H2,1-4H3,(H,43,52)(H,46,55)(H,47,56)(H,48,58)(H,49,59)(H3,42,44,57)/t32-,36-,64?/m1/s1. The van der Waals surface area contributed by atoms with Crippen molar-refractivity contribution in [3.8, 4) is 0 Å². The molecular formula is C41H63N9O13S. The van der Waals surface area contributed by atoms with Crippen LogP contribution in [0.25, 0.3) is 0 Å². The van der Waals surface area contributed by atoms with Crippen molar-refractivity contribution in [3.05, 3.63) is 42.0 Å². The number of anilines is 1. The summed E-state index contributed by atoms with van der Waals surface area (Å²) in [6.45, 7) is 7.90. The van der Waals surface area contributed by atoms with Gasteiger partial charge in [0.15, 0.2) is 0 Å². The fourth-order valence-corrected chi connectivity index (χ4v) is 6.50. The van der Waals surface area contributed by atoms with Crippen LogP contribution < -0.4 is 41.8 Å². The van der Waals surface area contributed by atoms with Gasteiger partial charge in [-0.3, -0.25) is 43.1 Å². The first-order chi connectivity index (χ1) is 30.6. The number of ether oxygens (including phenoxy) is 4. The Balaban J connectivity index is 1.64. The molecule has 0 bridgehead atoms. The first kappa shape index (κ1) is 54.1. The molecule has 1 aromatic carbocycles. The monoisotopic (exact) mass is 921 g/mol. The van der Waals surface area contributed by atoms with Crippen molar-refractivity contribution in [1.82, 2.24) is 35.6 Å². The van der Waals surface area contributed by atoms with E-state index in [1.807, 2.05) is 0 Å². The Morgan fingerprint density at radius 2 is 1.45 bits per heavy atom. The van der Waals surface area contributed by atoms with Crippen molar-refractivity contribution in [2.24, 2.45) is 11.7 Å². The molecule has 0 aliphatic carbocycles. The molecule has 0 saturated heterocycles. The van der Waals surface area contributed by atoms with E-state index < -0.39 is 64.9 Å². The summed E-state index contributed by atoms with van der Waals surface area (Å²) in [5.74, 6) is -2.77. The number of esters is 1. The normalized spacial score (nSPS) is 13.4. The third-order valence-electron chi connectivity index (χ3n) is 8.94. The SMILES string of the molecule is CC=S(NCCOCCOC(=O)N[C@@H](C(=O)N[C@H](CCCNC(N)=O)C(=O)Nc1ccc(COC(C)=O)cc1)C(C)C)NC(=O)OCCCNC(=O)CCCCCN1C(=O)C=CC1=O. The average molecular weight is 922 g/mol. The van der Waals surface area contributed by atoms with Crippen molar-refractivity contribution < 1.29 is 62.1 Å². The smallest absolute Gasteiger partial charge is 0.417 e. The first-order valence-electron chi connectivity index (χ1n) is 21.0. The van der Waals surface area contributed by atoms with E-state index in [1.165, 1.54) is 24.0 Å². The van der Waals surface area contributed by atoms with E-state index in [9.17, 15) is 43.2 Å². The van der Waals surface area contributed by atoms with Gasteiger partial charge in [0.1, 0.15) is 25.3 Å². The zero-order chi connectivity index (χ0) is 47.3. The number of benzene rings is 1. The van der Waals surface area contributed by atoms with Crippen LogP contribution in [0.5, 0.6) is 0 Å². The highest BCUT2D eigenvalue weighted by molar-refractivity contribution is 8.12. The summed E-state index contributed by atoms with van der Waals surface area (Å²) in [6, 6.07) is 3.73. The van der Waals surface area contributed by atoms with Crippen molar-refractivity contribution in [3.63, 3.8) is 0 Å². The summed E-state index contributed by atoms with van der Waals surface area (Å²) in [7, 11) is -0.830. The molecule has 1 aliphatic rings. The molecule has 0 aromatic heterocycles. The average Bonchev–Trinajstić information content (AvgIpc) is 3.57. The molecule has 9 N–H and O–H groups in total. The van der Waals surface area contributed by atoms with Crippen molar-refractivity contribution in [1.29, 1.82) is 0 Å². The third kappa shape index (κ3) is 23.4. The Labute approximate surface area is 375 Å². The van der Waals surface area contributed by atoms with Crippen LogP contribution in [0.15, 0.2) is 36.4 Å². The highest BCUT2D eigenvalue weighted by Gasteiger charge is 2.29. The quantitative estimate of drug-likeness (QED) is 0.0179. The number of nitrogens with two attached hydrogens (primary N) is 1. The number of alkyl carbamates (subject to hydrolysis) is 1. The number of urea groups is 1. The summed E-state index contributed by atoms with van der Waals surface area (Å²) < 4.78 is 26.7. The van der Waals surface area contributed by atoms with Gasteiger partial charge in [-0.2, -0.15) is 0 Å². The molecule has 22 nitrogen and oxygen atoms in total. The maximum Gasteiger partial charge on any atom is 0.417 e. The van der Waals surface area contributed by atoms with Crippen LogP contribution in [0.2, 0.25) is 0 Å². The molecule has 2 rings (SSSR count). The number of hydrogen-bond acceptors (Lipinski definition) is 14. The van der Waals surface area contributed by atoms with Crippen LogP contribution in [0.1, 0.15) is 78.2 Å². The topological polar surface area (TPSA) is 304 Å². The second kappa shape index (κ2) is 30.9. The van der Waals surface area contributed by atoms with Crippen molar-refractivity contribution >= 4 is 75.6 Å². The van der Waals surface area contributed by atoms with Crippen LogP contribution in [0, 0.1) is 5.92 Å². The zero-order valence-corrected chi connectivity index (χ0v) is 37.6. The van der Waals surface area contributed by atoms with E-state index in [2.05, 4.69) is 36.0 Å². The number of nitrogens with one attached hydrogen (secondary N) is 7. The summed E-state index contributed by atoms with van der Waals surface area (Å²) in [4.78, 5) is 110. The van der Waals surface area contributed by atoms with Gasteiger partial charge in [-0.1, -0.05) is 32.4 Å². The summed E-state index contributed by atoms with van der Waals surface area (Å²) in [6.07, 6.45) is 4.05. The number of primary amides is 1. The minimum Gasteiger partial charge on any atom is -0.461 e. The molecule has 0 radical (unpaired) electrons. The molecule has 0 saturated carbocycles. The maximum atomic E-state index is 13.4. The van der Waals surface area contributed by atoms with Crippen LogP contribution in [0.3, 0.4) is 0 Å². The Hall–Kier alpha value is -6.07. The van der Waals surface area contributed by atoms with Gasteiger partial charge in [0, 0.05) is 57.4 Å². The maximum absolute atomic E-state index is 13.4. The largest absolute Gasteiger partial charge is 0.461 e. The van der Waals surface area contributed by atoms with Gasteiger partial charge in [-0.25, -0.2) is 14.4 Å². The summed E-state index contributed by atoms with van der Waals surface area (Å²) >= 11 is 0. The van der Waals surface area contributed by atoms with E-state index in [1.54, 1.807) is 50.4 Å². The third-order valence-corrected chi connectivity index (χ3v) is 10.3. The summed E-state index contributed by atoms with van der Waals surface area (Å²) in [5.41, 5.74) is 6.27. The molecule has 1 unspecified atom stereocenters. The van der Waals surface area contributed by atoms with Gasteiger partial charge in [0.05, 0.1) is 19.8 Å². The molecule has 64 heavy (non-hydrogen) atoms. The van der Waals surface area contributed by atoms with E-state index in [-0.39, 0.29) is 63.7 Å². The Morgan fingerprint density at radius 1 is 0.766 bits per heavy atom. The summed E-state index contributed by atoms with van der Waals surface area (Å²) in [5, 5.41) is 14.9.